The minimum atomic E-state index is -0.423. The van der Waals surface area contributed by atoms with Crippen molar-refractivity contribution in [1.29, 1.82) is 0 Å². The van der Waals surface area contributed by atoms with E-state index in [9.17, 15) is 14.9 Å². The fourth-order valence-corrected chi connectivity index (χ4v) is 1.99. The second-order valence-electron chi connectivity index (χ2n) is 4.28. The first-order valence-electron chi connectivity index (χ1n) is 6.45. The number of amides is 1. The molecule has 20 heavy (non-hydrogen) atoms. The first-order valence-corrected chi connectivity index (χ1v) is 6.45. The third-order valence-corrected chi connectivity index (χ3v) is 2.91. The Labute approximate surface area is 118 Å². The third-order valence-electron chi connectivity index (χ3n) is 2.91. The van der Waals surface area contributed by atoms with E-state index < -0.39 is 4.92 Å². The van der Waals surface area contributed by atoms with Crippen molar-refractivity contribution in [2.24, 2.45) is 0 Å². The molecule has 110 valence electrons. The van der Waals surface area contributed by atoms with Gasteiger partial charge < -0.3 is 15.5 Å². The molecule has 0 unspecified atom stereocenters. The molecule has 1 aromatic carbocycles. The SMILES string of the molecule is CCCN(CC(=O)NC)c1cccc(NC)c1[N+](=O)[O-]. The first kappa shape index (κ1) is 15.7. The number of benzene rings is 1. The molecule has 0 aliphatic rings. The summed E-state index contributed by atoms with van der Waals surface area (Å²) in [6.07, 6.45) is 0.790. The molecule has 7 nitrogen and oxygen atoms in total. The van der Waals surface area contributed by atoms with Gasteiger partial charge in [-0.25, -0.2) is 0 Å². The van der Waals surface area contributed by atoms with E-state index >= 15 is 0 Å². The van der Waals surface area contributed by atoms with Crippen LogP contribution in [0.5, 0.6) is 0 Å². The Balaban J connectivity index is 3.24. The number of nitrogens with zero attached hydrogens (tertiary/aromatic N) is 2. The Kier molecular flexibility index (Phi) is 5.76. The molecule has 0 radical (unpaired) electrons. The highest BCUT2D eigenvalue weighted by molar-refractivity contribution is 5.84. The van der Waals surface area contributed by atoms with Crippen LogP contribution in [0, 0.1) is 10.1 Å². The normalized spacial score (nSPS) is 9.95. The molecule has 0 bridgehead atoms. The molecule has 0 spiro atoms. The van der Waals surface area contributed by atoms with E-state index in [0.29, 0.717) is 17.9 Å². The number of nitro groups is 1. The number of carbonyl (C=O) groups is 1. The zero-order valence-electron chi connectivity index (χ0n) is 12.0. The maximum absolute atomic E-state index is 11.6. The summed E-state index contributed by atoms with van der Waals surface area (Å²) in [5.41, 5.74) is 0.880. The summed E-state index contributed by atoms with van der Waals surface area (Å²) in [7, 11) is 3.18. The van der Waals surface area contributed by atoms with E-state index in [1.807, 2.05) is 6.92 Å². The van der Waals surface area contributed by atoms with Gasteiger partial charge in [0, 0.05) is 20.6 Å². The Bertz CT molecular complexity index is 491. The Morgan fingerprint density at radius 3 is 2.60 bits per heavy atom. The van der Waals surface area contributed by atoms with Crippen molar-refractivity contribution < 1.29 is 9.72 Å². The first-order chi connectivity index (χ1) is 9.54. The average molecular weight is 280 g/mol. The van der Waals surface area contributed by atoms with Crippen LogP contribution in [0.3, 0.4) is 0 Å². The van der Waals surface area contributed by atoms with E-state index in [2.05, 4.69) is 10.6 Å². The molecular weight excluding hydrogens is 260 g/mol. The number of nitrogens with one attached hydrogen (secondary N) is 2. The lowest BCUT2D eigenvalue weighted by atomic mass is 10.2. The molecule has 0 heterocycles. The summed E-state index contributed by atoms with van der Waals surface area (Å²) < 4.78 is 0. The fraction of sp³-hybridized carbons (Fsp3) is 0.462. The minimum Gasteiger partial charge on any atom is -0.382 e. The third kappa shape index (κ3) is 3.59. The van der Waals surface area contributed by atoms with Gasteiger partial charge in [-0.3, -0.25) is 14.9 Å². The maximum Gasteiger partial charge on any atom is 0.315 e. The van der Waals surface area contributed by atoms with Gasteiger partial charge in [0.1, 0.15) is 11.4 Å². The summed E-state index contributed by atoms with van der Waals surface area (Å²) in [4.78, 5) is 24.2. The highest BCUT2D eigenvalue weighted by Gasteiger charge is 2.24. The standard InChI is InChI=1S/C13H20N4O3/c1-4-8-16(9-12(18)15-3)11-7-5-6-10(14-2)13(11)17(19)20/h5-7,14H,4,8-9H2,1-3H3,(H,15,18). The molecule has 0 saturated carbocycles. The van der Waals surface area contributed by atoms with E-state index in [0.717, 1.165) is 6.42 Å². The van der Waals surface area contributed by atoms with Crippen molar-refractivity contribution in [3.63, 3.8) is 0 Å². The van der Waals surface area contributed by atoms with Gasteiger partial charge in [0.05, 0.1) is 11.5 Å². The number of hydrogen-bond acceptors (Lipinski definition) is 5. The summed E-state index contributed by atoms with van der Waals surface area (Å²) in [5.74, 6) is -0.178. The number of likely N-dealkylation sites (N-methyl/N-ethyl adjacent to an activating group) is 1. The largest absolute Gasteiger partial charge is 0.382 e. The van der Waals surface area contributed by atoms with Gasteiger partial charge in [0.2, 0.25) is 5.91 Å². The van der Waals surface area contributed by atoms with Crippen LogP contribution in [-0.4, -0.2) is 38.0 Å². The van der Waals surface area contributed by atoms with Gasteiger partial charge in [-0.05, 0) is 18.6 Å². The van der Waals surface area contributed by atoms with Crippen LogP contribution in [0.1, 0.15) is 13.3 Å². The van der Waals surface area contributed by atoms with E-state index in [-0.39, 0.29) is 18.1 Å². The Hall–Kier alpha value is -2.31. The molecule has 0 saturated heterocycles. The van der Waals surface area contributed by atoms with Gasteiger partial charge in [-0.1, -0.05) is 13.0 Å². The Morgan fingerprint density at radius 2 is 2.10 bits per heavy atom. The summed E-state index contributed by atoms with van der Waals surface area (Å²) in [6, 6.07) is 5.05. The van der Waals surface area contributed by atoms with Gasteiger partial charge in [0.25, 0.3) is 0 Å². The van der Waals surface area contributed by atoms with Gasteiger partial charge in [-0.15, -0.1) is 0 Å². The van der Waals surface area contributed by atoms with Gasteiger partial charge >= 0.3 is 5.69 Å². The number of carbonyl (C=O) groups excluding carboxylic acids is 1. The fourth-order valence-electron chi connectivity index (χ4n) is 1.99. The molecule has 1 amide bonds. The minimum absolute atomic E-state index is 0.00708. The lowest BCUT2D eigenvalue weighted by Crippen LogP contribution is -2.36. The van der Waals surface area contributed by atoms with Crippen LogP contribution in [0.25, 0.3) is 0 Å². The van der Waals surface area contributed by atoms with Gasteiger partial charge in [-0.2, -0.15) is 0 Å². The molecule has 2 N–H and O–H groups in total. The van der Waals surface area contributed by atoms with Crippen LogP contribution in [0.2, 0.25) is 0 Å². The molecular formula is C13H20N4O3. The van der Waals surface area contributed by atoms with Crippen molar-refractivity contribution in [3.8, 4) is 0 Å². The molecule has 1 rings (SSSR count). The zero-order valence-corrected chi connectivity index (χ0v) is 12.0. The summed E-state index contributed by atoms with van der Waals surface area (Å²) in [5, 5.41) is 16.7. The summed E-state index contributed by atoms with van der Waals surface area (Å²) in [6.45, 7) is 2.63. The lowest BCUT2D eigenvalue weighted by Gasteiger charge is -2.23. The van der Waals surface area contributed by atoms with Crippen molar-refractivity contribution in [2.45, 2.75) is 13.3 Å². The number of rotatable bonds is 7. The molecule has 7 heteroatoms. The van der Waals surface area contributed by atoms with Gasteiger partial charge in [0.15, 0.2) is 0 Å². The molecule has 0 aliphatic carbocycles. The molecule has 0 aliphatic heterocycles. The average Bonchev–Trinajstić information content (AvgIpc) is 2.45. The van der Waals surface area contributed by atoms with Crippen LogP contribution < -0.4 is 15.5 Å². The van der Waals surface area contributed by atoms with Crippen molar-refractivity contribution >= 4 is 23.0 Å². The van der Waals surface area contributed by atoms with Crippen LogP contribution in [0.4, 0.5) is 17.1 Å². The molecule has 0 atom stereocenters. The van der Waals surface area contributed by atoms with Crippen LogP contribution in [0.15, 0.2) is 18.2 Å². The van der Waals surface area contributed by atoms with E-state index in [1.54, 1.807) is 37.2 Å². The molecule has 0 aromatic heterocycles. The highest BCUT2D eigenvalue weighted by Crippen LogP contribution is 2.35. The lowest BCUT2D eigenvalue weighted by molar-refractivity contribution is -0.383. The second-order valence-corrected chi connectivity index (χ2v) is 4.28. The Morgan fingerprint density at radius 1 is 1.40 bits per heavy atom. The smallest absolute Gasteiger partial charge is 0.315 e. The van der Waals surface area contributed by atoms with Crippen molar-refractivity contribution in [2.75, 3.05) is 37.4 Å². The molecule has 1 aromatic rings. The quantitative estimate of drug-likeness (QED) is 0.585. The number of nitro benzene ring substituents is 1. The molecule has 0 fully saturated rings. The summed E-state index contributed by atoms with van der Waals surface area (Å²) >= 11 is 0. The zero-order chi connectivity index (χ0) is 15.1. The second kappa shape index (κ2) is 7.32. The predicted molar refractivity (Wildman–Crippen MR) is 79.2 cm³/mol. The number of para-hydroxylation sites is 1. The monoisotopic (exact) mass is 280 g/mol. The maximum atomic E-state index is 11.6. The van der Waals surface area contributed by atoms with Crippen molar-refractivity contribution in [3.05, 3.63) is 28.3 Å². The van der Waals surface area contributed by atoms with E-state index in [4.69, 9.17) is 0 Å². The van der Waals surface area contributed by atoms with Crippen LogP contribution in [-0.2, 0) is 4.79 Å². The predicted octanol–water partition coefficient (Wildman–Crippen LogP) is 1.60. The number of anilines is 2. The van der Waals surface area contributed by atoms with Crippen LogP contribution >= 0.6 is 0 Å². The van der Waals surface area contributed by atoms with Crippen molar-refractivity contribution in [1.82, 2.24) is 5.32 Å². The van der Waals surface area contributed by atoms with E-state index in [1.165, 1.54) is 0 Å². The topological polar surface area (TPSA) is 87.5 Å². The highest BCUT2D eigenvalue weighted by atomic mass is 16.6. The number of hydrogen-bond donors (Lipinski definition) is 2.